The number of anilines is 1. The largest absolute Gasteiger partial charge is 0.497 e. The molecule has 2 heterocycles. The van der Waals surface area contributed by atoms with Gasteiger partial charge in [0.15, 0.2) is 5.65 Å². The summed E-state index contributed by atoms with van der Waals surface area (Å²) in [5.41, 5.74) is 4.84. The summed E-state index contributed by atoms with van der Waals surface area (Å²) in [6.45, 7) is 8.01. The molecular formula is C26H32N4O4SSi. The van der Waals surface area contributed by atoms with Crippen molar-refractivity contribution < 1.29 is 17.9 Å². The summed E-state index contributed by atoms with van der Waals surface area (Å²) in [5, 5.41) is 5.77. The molecule has 0 unspecified atom stereocenters. The summed E-state index contributed by atoms with van der Waals surface area (Å²) < 4.78 is 38.6. The van der Waals surface area contributed by atoms with Gasteiger partial charge in [0.05, 0.1) is 13.4 Å². The highest BCUT2D eigenvalue weighted by molar-refractivity contribution is 7.92. The summed E-state index contributed by atoms with van der Waals surface area (Å²) in [5.74, 6) is 0.777. The second kappa shape index (κ2) is 10.4. The van der Waals surface area contributed by atoms with Crippen LogP contribution < -0.4 is 9.46 Å². The molecule has 0 fully saturated rings. The molecule has 2 aromatic carbocycles. The molecule has 0 aliphatic carbocycles. The second-order valence-electron chi connectivity index (χ2n) is 9.97. The Morgan fingerprint density at radius 2 is 1.64 bits per heavy atom. The number of hydrogen-bond donors (Lipinski definition) is 1. The number of sulfonamides is 1. The number of aromatic nitrogens is 3. The Hall–Kier alpha value is -3.21. The Morgan fingerprint density at radius 3 is 2.25 bits per heavy atom. The van der Waals surface area contributed by atoms with Crippen LogP contribution in [0.25, 0.3) is 33.4 Å². The molecule has 1 N–H and O–H groups in total. The van der Waals surface area contributed by atoms with E-state index in [2.05, 4.69) is 30.4 Å². The first kappa shape index (κ1) is 25.9. The Morgan fingerprint density at radius 1 is 0.972 bits per heavy atom. The maximum atomic E-state index is 11.5. The molecule has 0 radical (unpaired) electrons. The first-order valence-electron chi connectivity index (χ1n) is 11.7. The molecule has 10 heteroatoms. The number of hydrogen-bond acceptors (Lipinski definition) is 6. The third-order valence-corrected chi connectivity index (χ3v) is 7.99. The zero-order chi connectivity index (χ0) is 25.9. The Bertz CT molecular complexity index is 1440. The molecule has 0 saturated carbocycles. The molecule has 190 valence electrons. The van der Waals surface area contributed by atoms with Crippen LogP contribution in [-0.4, -0.2) is 51.2 Å². The van der Waals surface area contributed by atoms with Gasteiger partial charge in [-0.3, -0.25) is 4.72 Å². The topological polar surface area (TPSA) is 95.3 Å². The van der Waals surface area contributed by atoms with Gasteiger partial charge in [0.1, 0.15) is 18.2 Å². The fourth-order valence-electron chi connectivity index (χ4n) is 3.74. The first-order valence-corrected chi connectivity index (χ1v) is 17.3. The van der Waals surface area contributed by atoms with E-state index in [0.717, 1.165) is 51.5 Å². The molecule has 0 bridgehead atoms. The summed E-state index contributed by atoms with van der Waals surface area (Å²) in [6.07, 6.45) is 2.94. The molecular weight excluding hydrogens is 492 g/mol. The highest BCUT2D eigenvalue weighted by Crippen LogP contribution is 2.32. The molecule has 0 saturated heterocycles. The van der Waals surface area contributed by atoms with Crippen LogP contribution >= 0.6 is 0 Å². The number of nitrogens with one attached hydrogen (secondary N) is 1. The normalized spacial score (nSPS) is 12.1. The van der Waals surface area contributed by atoms with Crippen LogP contribution in [0.5, 0.6) is 5.75 Å². The maximum Gasteiger partial charge on any atom is 0.229 e. The van der Waals surface area contributed by atoms with Gasteiger partial charge in [0.25, 0.3) is 0 Å². The van der Waals surface area contributed by atoms with Gasteiger partial charge in [0, 0.05) is 43.1 Å². The summed E-state index contributed by atoms with van der Waals surface area (Å²) in [7, 11) is -2.88. The van der Waals surface area contributed by atoms with Gasteiger partial charge in [-0.25, -0.2) is 18.1 Å². The minimum atomic E-state index is -3.33. The average Bonchev–Trinajstić information content (AvgIpc) is 3.18. The maximum absolute atomic E-state index is 11.5. The first-order chi connectivity index (χ1) is 17.0. The van der Waals surface area contributed by atoms with Crippen molar-refractivity contribution in [3.63, 3.8) is 0 Å². The smallest absolute Gasteiger partial charge is 0.229 e. The van der Waals surface area contributed by atoms with E-state index in [-0.39, 0.29) is 0 Å². The molecule has 0 spiro atoms. The van der Waals surface area contributed by atoms with Crippen molar-refractivity contribution in [3.05, 3.63) is 60.8 Å². The molecule has 8 nitrogen and oxygen atoms in total. The Labute approximate surface area is 213 Å². The second-order valence-corrected chi connectivity index (χ2v) is 17.3. The number of fused-ring (bicyclic) bond motifs is 1. The van der Waals surface area contributed by atoms with Gasteiger partial charge in [-0.1, -0.05) is 31.8 Å². The SMILES string of the molecule is COc1ccc(-c2nn(COCC[Si](C)(C)C)c3ncc(-c4ccc(NS(C)(=O)=O)cc4)cc23)cc1. The monoisotopic (exact) mass is 524 g/mol. The quantitative estimate of drug-likeness (QED) is 0.219. The van der Waals surface area contributed by atoms with Crippen molar-refractivity contribution in [2.24, 2.45) is 0 Å². The predicted octanol–water partition coefficient (Wildman–Crippen LogP) is 5.46. The predicted molar refractivity (Wildman–Crippen MR) is 148 cm³/mol. The third kappa shape index (κ3) is 6.51. The van der Waals surface area contributed by atoms with Gasteiger partial charge in [-0.2, -0.15) is 5.10 Å². The molecule has 0 amide bonds. The lowest BCUT2D eigenvalue weighted by atomic mass is 10.0. The molecule has 0 aliphatic heterocycles. The van der Waals surface area contributed by atoms with E-state index in [1.807, 2.05) is 41.1 Å². The average molecular weight is 525 g/mol. The lowest BCUT2D eigenvalue weighted by Crippen LogP contribution is -2.22. The number of rotatable bonds is 10. The lowest BCUT2D eigenvalue weighted by Gasteiger charge is -2.15. The van der Waals surface area contributed by atoms with Crippen molar-refractivity contribution in [2.45, 2.75) is 32.4 Å². The molecule has 2 aromatic heterocycles. The number of ether oxygens (including phenoxy) is 2. The highest BCUT2D eigenvalue weighted by atomic mass is 32.2. The summed E-state index contributed by atoms with van der Waals surface area (Å²) in [4.78, 5) is 4.74. The minimum absolute atomic E-state index is 0.329. The zero-order valence-corrected chi connectivity index (χ0v) is 23.1. The molecule has 0 aliphatic rings. The van der Waals surface area contributed by atoms with E-state index >= 15 is 0 Å². The Kier molecular flexibility index (Phi) is 7.48. The zero-order valence-electron chi connectivity index (χ0n) is 21.3. The van der Waals surface area contributed by atoms with Crippen LogP contribution in [0.2, 0.25) is 25.7 Å². The summed E-state index contributed by atoms with van der Waals surface area (Å²) in [6, 6.07) is 18.1. The van der Waals surface area contributed by atoms with Crippen LogP contribution in [0.1, 0.15) is 0 Å². The van der Waals surface area contributed by atoms with Crippen molar-refractivity contribution in [1.82, 2.24) is 14.8 Å². The molecule has 4 aromatic rings. The van der Waals surface area contributed by atoms with Crippen LogP contribution in [0, 0.1) is 0 Å². The molecule has 4 rings (SSSR count). The van der Waals surface area contributed by atoms with Gasteiger partial charge in [0.2, 0.25) is 10.0 Å². The number of pyridine rings is 1. The van der Waals surface area contributed by atoms with Crippen LogP contribution in [0.3, 0.4) is 0 Å². The van der Waals surface area contributed by atoms with E-state index < -0.39 is 18.1 Å². The number of benzene rings is 2. The van der Waals surface area contributed by atoms with E-state index in [4.69, 9.17) is 19.6 Å². The minimum Gasteiger partial charge on any atom is -0.497 e. The van der Waals surface area contributed by atoms with Crippen molar-refractivity contribution in [2.75, 3.05) is 24.7 Å². The summed E-state index contributed by atoms with van der Waals surface area (Å²) >= 11 is 0. The van der Waals surface area contributed by atoms with Crippen molar-refractivity contribution >= 4 is 34.8 Å². The molecule has 36 heavy (non-hydrogen) atoms. The Balaban J connectivity index is 1.69. The van der Waals surface area contributed by atoms with Gasteiger partial charge < -0.3 is 9.47 Å². The van der Waals surface area contributed by atoms with Crippen molar-refractivity contribution in [1.29, 1.82) is 0 Å². The van der Waals surface area contributed by atoms with Crippen LogP contribution in [0.4, 0.5) is 5.69 Å². The number of nitrogens with zero attached hydrogens (tertiary/aromatic N) is 3. The van der Waals surface area contributed by atoms with E-state index in [0.29, 0.717) is 19.0 Å². The lowest BCUT2D eigenvalue weighted by molar-refractivity contribution is 0.0814. The van der Waals surface area contributed by atoms with Gasteiger partial charge >= 0.3 is 0 Å². The number of methoxy groups -OCH3 is 1. The van der Waals surface area contributed by atoms with Crippen LogP contribution in [0.15, 0.2) is 60.8 Å². The van der Waals surface area contributed by atoms with Crippen molar-refractivity contribution in [3.8, 4) is 28.1 Å². The highest BCUT2D eigenvalue weighted by Gasteiger charge is 2.17. The van der Waals surface area contributed by atoms with Gasteiger partial charge in [-0.05, 0) is 54.1 Å². The fourth-order valence-corrected chi connectivity index (χ4v) is 5.06. The standard InChI is InChI=1S/C26H32N4O4SSi/c1-33-23-12-8-20(9-13-23)25-24-16-21(19-6-10-22(11-7-19)29-35(2,31)32)17-27-26(24)30(28-25)18-34-14-15-36(3,4)5/h6-13,16-17,29H,14-15,18H2,1-5H3. The third-order valence-electron chi connectivity index (χ3n) is 5.68. The fraction of sp³-hybridized carbons (Fsp3) is 0.308. The van der Waals surface area contributed by atoms with E-state index in [9.17, 15) is 8.42 Å². The molecule has 0 atom stereocenters. The van der Waals surface area contributed by atoms with Crippen LogP contribution in [-0.2, 0) is 21.5 Å². The van der Waals surface area contributed by atoms with E-state index in [1.54, 1.807) is 25.4 Å². The van der Waals surface area contributed by atoms with E-state index in [1.165, 1.54) is 0 Å². The van der Waals surface area contributed by atoms with Gasteiger partial charge in [-0.15, -0.1) is 0 Å².